The van der Waals surface area contributed by atoms with Crippen molar-refractivity contribution in [2.24, 2.45) is 0 Å². The molecule has 2 rings (SSSR count). The van der Waals surface area contributed by atoms with Crippen LogP contribution in [0.5, 0.6) is 0 Å². The van der Waals surface area contributed by atoms with Gasteiger partial charge in [0.25, 0.3) is 0 Å². The molecule has 0 amide bonds. The highest BCUT2D eigenvalue weighted by molar-refractivity contribution is 5.10. The fourth-order valence-corrected chi connectivity index (χ4v) is 1.56. The number of hydrogen-bond donors (Lipinski definition) is 0. The van der Waals surface area contributed by atoms with Gasteiger partial charge in [-0.25, -0.2) is 4.39 Å². The third-order valence-corrected chi connectivity index (χ3v) is 2.28. The van der Waals surface area contributed by atoms with Crippen molar-refractivity contribution in [3.8, 4) is 0 Å². The van der Waals surface area contributed by atoms with E-state index in [0.29, 0.717) is 13.0 Å². The fraction of sp³-hybridized carbons (Fsp3) is 0.333. The molecule has 0 spiro atoms. The van der Waals surface area contributed by atoms with Crippen LogP contribution in [0.3, 0.4) is 0 Å². The number of aromatic nitrogens is 3. The number of pyridine rings is 1. The van der Waals surface area contributed by atoms with Gasteiger partial charge in [0.2, 0.25) is 0 Å². The van der Waals surface area contributed by atoms with Crippen molar-refractivity contribution in [2.45, 2.75) is 26.1 Å². The predicted molar refractivity (Wildman–Crippen MR) is 59.8 cm³/mol. The maximum Gasteiger partial charge on any atom is 0.103 e. The molecule has 0 saturated carbocycles. The van der Waals surface area contributed by atoms with Crippen molar-refractivity contribution in [1.29, 1.82) is 0 Å². The number of nitrogens with zero attached hydrogens (tertiary/aromatic N) is 3. The Morgan fingerprint density at radius 2 is 2.06 bits per heavy atom. The third kappa shape index (κ3) is 2.89. The fourth-order valence-electron chi connectivity index (χ4n) is 1.56. The summed E-state index contributed by atoms with van der Waals surface area (Å²) >= 11 is 0. The minimum Gasteiger partial charge on any atom is -0.268 e. The van der Waals surface area contributed by atoms with E-state index >= 15 is 0 Å². The highest BCUT2D eigenvalue weighted by Crippen LogP contribution is 2.05. The van der Waals surface area contributed by atoms with Gasteiger partial charge in [-0.3, -0.25) is 9.67 Å². The summed E-state index contributed by atoms with van der Waals surface area (Å²) in [5.41, 5.74) is 1.93. The second kappa shape index (κ2) is 4.88. The van der Waals surface area contributed by atoms with Gasteiger partial charge in [0.1, 0.15) is 6.17 Å². The van der Waals surface area contributed by atoms with Gasteiger partial charge in [-0.05, 0) is 30.7 Å². The second-order valence-electron chi connectivity index (χ2n) is 3.85. The molecule has 2 aromatic heterocycles. The van der Waals surface area contributed by atoms with E-state index in [2.05, 4.69) is 10.1 Å². The molecule has 2 aromatic rings. The first-order valence-electron chi connectivity index (χ1n) is 5.29. The molecule has 0 bridgehead atoms. The van der Waals surface area contributed by atoms with Crippen molar-refractivity contribution in [1.82, 2.24) is 14.8 Å². The predicted octanol–water partition coefficient (Wildman–Crippen LogP) is 2.23. The SMILES string of the molecule is CC(F)Cc1ccn(Cc2ccncc2)n1. The van der Waals surface area contributed by atoms with Crippen molar-refractivity contribution in [3.63, 3.8) is 0 Å². The maximum absolute atomic E-state index is 12.8. The molecular weight excluding hydrogens is 205 g/mol. The first-order chi connectivity index (χ1) is 7.74. The van der Waals surface area contributed by atoms with Gasteiger partial charge in [0.15, 0.2) is 0 Å². The molecule has 0 aliphatic rings. The van der Waals surface area contributed by atoms with Crippen molar-refractivity contribution < 1.29 is 4.39 Å². The molecule has 0 aliphatic heterocycles. The lowest BCUT2D eigenvalue weighted by Crippen LogP contribution is -2.03. The van der Waals surface area contributed by atoms with Crippen LogP contribution in [0.15, 0.2) is 36.8 Å². The topological polar surface area (TPSA) is 30.7 Å². The van der Waals surface area contributed by atoms with E-state index in [0.717, 1.165) is 11.3 Å². The lowest BCUT2D eigenvalue weighted by atomic mass is 10.2. The van der Waals surface area contributed by atoms with Gasteiger partial charge in [-0.2, -0.15) is 5.10 Å². The second-order valence-corrected chi connectivity index (χ2v) is 3.85. The average Bonchev–Trinajstić information content (AvgIpc) is 2.66. The van der Waals surface area contributed by atoms with E-state index in [9.17, 15) is 4.39 Å². The zero-order valence-corrected chi connectivity index (χ0v) is 9.18. The van der Waals surface area contributed by atoms with E-state index in [1.54, 1.807) is 19.3 Å². The number of rotatable bonds is 4. The lowest BCUT2D eigenvalue weighted by Gasteiger charge is -2.01. The molecule has 1 atom stereocenters. The van der Waals surface area contributed by atoms with Crippen molar-refractivity contribution in [3.05, 3.63) is 48.0 Å². The van der Waals surface area contributed by atoms with E-state index in [-0.39, 0.29) is 0 Å². The van der Waals surface area contributed by atoms with Gasteiger partial charge in [0, 0.05) is 25.0 Å². The van der Waals surface area contributed by atoms with E-state index in [1.165, 1.54) is 0 Å². The summed E-state index contributed by atoms with van der Waals surface area (Å²) in [6.07, 6.45) is 4.91. The Labute approximate surface area is 93.9 Å². The van der Waals surface area contributed by atoms with Crippen LogP contribution in [0.25, 0.3) is 0 Å². The van der Waals surface area contributed by atoms with Crippen LogP contribution in [-0.4, -0.2) is 20.9 Å². The zero-order valence-electron chi connectivity index (χ0n) is 9.18. The molecule has 0 N–H and O–H groups in total. The van der Waals surface area contributed by atoms with Crippen LogP contribution in [0, 0.1) is 0 Å². The van der Waals surface area contributed by atoms with Crippen LogP contribution in [0.1, 0.15) is 18.2 Å². The Morgan fingerprint density at radius 1 is 1.31 bits per heavy atom. The van der Waals surface area contributed by atoms with Crippen LogP contribution >= 0.6 is 0 Å². The zero-order chi connectivity index (χ0) is 11.4. The quantitative estimate of drug-likeness (QED) is 0.789. The summed E-state index contributed by atoms with van der Waals surface area (Å²) in [6.45, 7) is 2.24. The van der Waals surface area contributed by atoms with Gasteiger partial charge in [-0.15, -0.1) is 0 Å². The minimum atomic E-state index is -0.843. The molecule has 0 aliphatic carbocycles. The van der Waals surface area contributed by atoms with Crippen LogP contribution in [0.4, 0.5) is 4.39 Å². The first kappa shape index (κ1) is 10.8. The van der Waals surface area contributed by atoms with Gasteiger partial charge >= 0.3 is 0 Å². The van der Waals surface area contributed by atoms with Crippen molar-refractivity contribution >= 4 is 0 Å². The standard InChI is InChI=1S/C12H14FN3/c1-10(13)8-12-4-7-16(15-12)9-11-2-5-14-6-3-11/h2-7,10H,8-9H2,1H3. The summed E-state index contributed by atoms with van der Waals surface area (Å²) < 4.78 is 14.6. The van der Waals surface area contributed by atoms with E-state index in [1.807, 2.05) is 29.1 Å². The lowest BCUT2D eigenvalue weighted by molar-refractivity contribution is 0.356. The Balaban J connectivity index is 2.03. The molecule has 2 heterocycles. The van der Waals surface area contributed by atoms with Crippen LogP contribution < -0.4 is 0 Å². The number of hydrogen-bond acceptors (Lipinski definition) is 2. The first-order valence-corrected chi connectivity index (χ1v) is 5.29. The Hall–Kier alpha value is -1.71. The highest BCUT2D eigenvalue weighted by Gasteiger charge is 2.04. The third-order valence-electron chi connectivity index (χ3n) is 2.28. The average molecular weight is 219 g/mol. The molecule has 0 aromatic carbocycles. The summed E-state index contributed by atoms with van der Waals surface area (Å²) in [5.74, 6) is 0. The number of halogens is 1. The molecule has 0 saturated heterocycles. The van der Waals surface area contributed by atoms with E-state index in [4.69, 9.17) is 0 Å². The van der Waals surface area contributed by atoms with Crippen LogP contribution in [0.2, 0.25) is 0 Å². The smallest absolute Gasteiger partial charge is 0.103 e. The molecule has 16 heavy (non-hydrogen) atoms. The molecule has 4 heteroatoms. The van der Waals surface area contributed by atoms with Gasteiger partial charge < -0.3 is 0 Å². The van der Waals surface area contributed by atoms with E-state index < -0.39 is 6.17 Å². The molecular formula is C12H14FN3. The van der Waals surface area contributed by atoms with Gasteiger partial charge in [0.05, 0.1) is 12.2 Å². The Bertz CT molecular complexity index is 437. The summed E-state index contributed by atoms with van der Waals surface area (Å²) in [7, 11) is 0. The highest BCUT2D eigenvalue weighted by atomic mass is 19.1. The molecule has 0 fully saturated rings. The molecule has 0 radical (unpaired) electrons. The monoisotopic (exact) mass is 219 g/mol. The van der Waals surface area contributed by atoms with Crippen molar-refractivity contribution in [2.75, 3.05) is 0 Å². The molecule has 84 valence electrons. The number of alkyl halides is 1. The maximum atomic E-state index is 12.8. The molecule has 1 unspecified atom stereocenters. The summed E-state index contributed by atoms with van der Waals surface area (Å²) in [6, 6.07) is 5.75. The largest absolute Gasteiger partial charge is 0.268 e. The minimum absolute atomic E-state index is 0.378. The molecule has 3 nitrogen and oxygen atoms in total. The normalized spacial score (nSPS) is 12.6. The Morgan fingerprint density at radius 3 is 2.75 bits per heavy atom. The van der Waals surface area contributed by atoms with Crippen LogP contribution in [-0.2, 0) is 13.0 Å². The summed E-state index contributed by atoms with van der Waals surface area (Å²) in [5, 5.41) is 4.30. The summed E-state index contributed by atoms with van der Waals surface area (Å²) in [4.78, 5) is 3.95. The Kier molecular flexibility index (Phi) is 3.29. The van der Waals surface area contributed by atoms with Gasteiger partial charge in [-0.1, -0.05) is 0 Å².